The number of hydrogen-bond acceptors (Lipinski definition) is 3. The second kappa shape index (κ2) is 6.28. The number of halogens is 1. The van der Waals surface area contributed by atoms with Crippen LogP contribution in [-0.4, -0.2) is 23.1 Å². The van der Waals surface area contributed by atoms with Crippen molar-refractivity contribution >= 4 is 22.6 Å². The lowest BCUT2D eigenvalue weighted by atomic mass is 10.3. The first kappa shape index (κ1) is 10.9. The number of hydrogen-bond donors (Lipinski definition) is 0. The Kier molecular flexibility index (Phi) is 5.26. The van der Waals surface area contributed by atoms with Crippen molar-refractivity contribution in [3.63, 3.8) is 0 Å². The summed E-state index contributed by atoms with van der Waals surface area (Å²) in [7, 11) is 0. The number of alkyl halides is 1. The molecule has 0 aromatic carbocycles. The molecule has 0 bridgehead atoms. The van der Waals surface area contributed by atoms with Gasteiger partial charge in [-0.25, -0.2) is 0 Å². The zero-order valence-corrected chi connectivity index (χ0v) is 9.60. The molecule has 0 N–H and O–H groups in total. The van der Waals surface area contributed by atoms with E-state index < -0.39 is 0 Å². The van der Waals surface area contributed by atoms with E-state index in [0.29, 0.717) is 13.2 Å². The second-order valence-corrected chi connectivity index (χ2v) is 2.33. The van der Waals surface area contributed by atoms with Gasteiger partial charge in [-0.2, -0.15) is 0 Å². The maximum Gasteiger partial charge on any atom is 0.201 e. The highest BCUT2D eigenvalue weighted by Gasteiger charge is 2.18. The summed E-state index contributed by atoms with van der Waals surface area (Å²) >= 11 is 2.15. The van der Waals surface area contributed by atoms with Crippen LogP contribution < -0.4 is 0 Å². The molecule has 13 heavy (non-hydrogen) atoms. The normalized spacial score (nSPS) is 16.5. The quantitative estimate of drug-likeness (QED) is 0.587. The lowest BCUT2D eigenvalue weighted by molar-refractivity contribution is -0.0472. The van der Waals surface area contributed by atoms with Gasteiger partial charge in [0, 0.05) is 6.20 Å². The second-order valence-electron chi connectivity index (χ2n) is 2.33. The highest BCUT2D eigenvalue weighted by Crippen LogP contribution is 2.20. The van der Waals surface area contributed by atoms with Crippen LogP contribution in [0.4, 0.5) is 0 Å². The van der Waals surface area contributed by atoms with Crippen molar-refractivity contribution in [3.8, 4) is 0 Å². The molecule has 72 valence electrons. The van der Waals surface area contributed by atoms with Crippen LogP contribution in [0.1, 0.15) is 12.0 Å². The van der Waals surface area contributed by atoms with Gasteiger partial charge in [0.05, 0.1) is 18.9 Å². The fourth-order valence-corrected chi connectivity index (χ4v) is 1.04. The van der Waals surface area contributed by atoms with E-state index in [-0.39, 0.29) is 6.29 Å². The molecule has 1 aliphatic heterocycles. The van der Waals surface area contributed by atoms with E-state index >= 15 is 0 Å². The maximum absolute atomic E-state index is 5.25. The Morgan fingerprint density at radius 2 is 2.00 bits per heavy atom. The average molecular weight is 293 g/mol. The predicted octanol–water partition coefficient (Wildman–Crippen LogP) is 2.18. The molecule has 1 aromatic rings. The van der Waals surface area contributed by atoms with Crippen LogP contribution in [-0.2, 0) is 9.47 Å². The Labute approximate surface area is 91.6 Å². The summed E-state index contributed by atoms with van der Waals surface area (Å²) in [6.45, 7) is 1.34. The summed E-state index contributed by atoms with van der Waals surface area (Å²) in [5.74, 6) is 0. The summed E-state index contributed by atoms with van der Waals surface area (Å²) in [4.78, 5) is 6.08. The molecule has 0 saturated carbocycles. The molecule has 1 saturated heterocycles. The van der Waals surface area contributed by atoms with Gasteiger partial charge in [0.2, 0.25) is 6.29 Å². The molecule has 1 fully saturated rings. The van der Waals surface area contributed by atoms with Gasteiger partial charge in [-0.05, 0) is 17.1 Å². The Morgan fingerprint density at radius 3 is 2.54 bits per heavy atom. The van der Waals surface area contributed by atoms with Gasteiger partial charge in [0.25, 0.3) is 0 Å². The smallest absolute Gasteiger partial charge is 0.201 e. The van der Waals surface area contributed by atoms with E-state index in [1.807, 2.05) is 23.1 Å². The number of pyridine rings is 1. The molecule has 2 rings (SSSR count). The van der Waals surface area contributed by atoms with Crippen LogP contribution >= 0.6 is 22.6 Å². The van der Waals surface area contributed by atoms with Crippen LogP contribution in [0.5, 0.6) is 0 Å². The summed E-state index contributed by atoms with van der Waals surface area (Å²) in [6, 6.07) is 5.70. The SMILES string of the molecule is CI.c1ccc(C2OCCO2)nc1. The van der Waals surface area contributed by atoms with Gasteiger partial charge in [-0.3, -0.25) is 4.98 Å². The van der Waals surface area contributed by atoms with E-state index in [0.717, 1.165) is 5.69 Å². The zero-order valence-electron chi connectivity index (χ0n) is 7.44. The Hall–Kier alpha value is -0.200. The number of ether oxygens (including phenoxy) is 2. The van der Waals surface area contributed by atoms with Crippen LogP contribution in [0.15, 0.2) is 24.4 Å². The fraction of sp³-hybridized carbons (Fsp3) is 0.444. The van der Waals surface area contributed by atoms with Gasteiger partial charge in [0.15, 0.2) is 0 Å². The lowest BCUT2D eigenvalue weighted by Gasteiger charge is -2.06. The first-order chi connectivity index (χ1) is 6.47. The Morgan fingerprint density at radius 1 is 1.31 bits per heavy atom. The predicted molar refractivity (Wildman–Crippen MR) is 58.8 cm³/mol. The van der Waals surface area contributed by atoms with Gasteiger partial charge >= 0.3 is 0 Å². The van der Waals surface area contributed by atoms with Crippen molar-refractivity contribution in [2.75, 3.05) is 18.1 Å². The van der Waals surface area contributed by atoms with Gasteiger partial charge in [-0.15, -0.1) is 0 Å². The van der Waals surface area contributed by atoms with Gasteiger partial charge in [0.1, 0.15) is 0 Å². The summed E-state index contributed by atoms with van der Waals surface area (Å²) in [5, 5.41) is 0. The molecule has 0 atom stereocenters. The molecular weight excluding hydrogens is 281 g/mol. The minimum Gasteiger partial charge on any atom is -0.345 e. The fourth-order valence-electron chi connectivity index (χ4n) is 1.04. The standard InChI is InChI=1S/C8H9NO2.CH3I/c1-2-4-9-7(3-1)8-10-5-6-11-8;1-2/h1-4,8H,5-6H2;1H3. The van der Waals surface area contributed by atoms with Crippen molar-refractivity contribution in [2.45, 2.75) is 6.29 Å². The van der Waals surface area contributed by atoms with Crippen molar-refractivity contribution in [2.24, 2.45) is 0 Å². The molecule has 0 aliphatic carbocycles. The zero-order chi connectivity index (χ0) is 9.52. The first-order valence-corrected chi connectivity index (χ1v) is 6.14. The highest BCUT2D eigenvalue weighted by molar-refractivity contribution is 14.1. The molecule has 0 spiro atoms. The van der Waals surface area contributed by atoms with E-state index in [2.05, 4.69) is 27.6 Å². The Bertz CT molecular complexity index is 224. The van der Waals surface area contributed by atoms with Crippen LogP contribution in [0.3, 0.4) is 0 Å². The van der Waals surface area contributed by atoms with Crippen LogP contribution in [0.25, 0.3) is 0 Å². The van der Waals surface area contributed by atoms with E-state index in [9.17, 15) is 0 Å². The molecule has 2 heterocycles. The van der Waals surface area contributed by atoms with E-state index in [1.165, 1.54) is 0 Å². The number of aromatic nitrogens is 1. The first-order valence-electron chi connectivity index (χ1n) is 3.99. The van der Waals surface area contributed by atoms with Crippen LogP contribution in [0.2, 0.25) is 0 Å². The lowest BCUT2D eigenvalue weighted by Crippen LogP contribution is -1.99. The third kappa shape index (κ3) is 3.21. The maximum atomic E-state index is 5.25. The highest BCUT2D eigenvalue weighted by atomic mass is 127. The van der Waals surface area contributed by atoms with E-state index in [1.54, 1.807) is 6.20 Å². The summed E-state index contributed by atoms with van der Waals surface area (Å²) in [5.41, 5.74) is 0.852. The minimum atomic E-state index is -0.240. The van der Waals surface area contributed by atoms with Crippen molar-refractivity contribution in [1.82, 2.24) is 4.98 Å². The summed E-state index contributed by atoms with van der Waals surface area (Å²) in [6.07, 6.45) is 1.50. The van der Waals surface area contributed by atoms with Gasteiger partial charge < -0.3 is 9.47 Å². The third-order valence-corrected chi connectivity index (χ3v) is 1.55. The molecule has 3 nitrogen and oxygen atoms in total. The molecule has 1 aromatic heterocycles. The number of rotatable bonds is 1. The molecule has 0 radical (unpaired) electrons. The summed E-state index contributed by atoms with van der Waals surface area (Å²) < 4.78 is 10.5. The largest absolute Gasteiger partial charge is 0.345 e. The molecule has 0 amide bonds. The average Bonchev–Trinajstić information content (AvgIpc) is 2.75. The van der Waals surface area contributed by atoms with E-state index in [4.69, 9.17) is 9.47 Å². The monoisotopic (exact) mass is 293 g/mol. The number of nitrogens with zero attached hydrogens (tertiary/aromatic N) is 1. The Balaban J connectivity index is 0.000000396. The topological polar surface area (TPSA) is 31.4 Å². The van der Waals surface area contributed by atoms with Crippen molar-refractivity contribution in [1.29, 1.82) is 0 Å². The van der Waals surface area contributed by atoms with Crippen molar-refractivity contribution in [3.05, 3.63) is 30.1 Å². The molecule has 0 unspecified atom stereocenters. The molecular formula is C9H12INO2. The molecule has 4 heteroatoms. The minimum absolute atomic E-state index is 0.240. The van der Waals surface area contributed by atoms with Crippen LogP contribution in [0, 0.1) is 0 Å². The van der Waals surface area contributed by atoms with Gasteiger partial charge in [-0.1, -0.05) is 28.7 Å². The van der Waals surface area contributed by atoms with Crippen molar-refractivity contribution < 1.29 is 9.47 Å². The third-order valence-electron chi connectivity index (χ3n) is 1.55. The molecule has 1 aliphatic rings.